The highest BCUT2D eigenvalue weighted by molar-refractivity contribution is 9.10. The van der Waals surface area contributed by atoms with Gasteiger partial charge in [0, 0.05) is 21.8 Å². The molecule has 0 saturated carbocycles. The van der Waals surface area contributed by atoms with Gasteiger partial charge in [-0.05, 0) is 34.1 Å². The Balaban J connectivity index is 2.18. The van der Waals surface area contributed by atoms with Gasteiger partial charge in [0.1, 0.15) is 5.82 Å². The molecule has 0 radical (unpaired) electrons. The summed E-state index contributed by atoms with van der Waals surface area (Å²) in [6, 6.07) is 6.69. The monoisotopic (exact) mass is 280 g/mol. The molecule has 0 fully saturated rings. The summed E-state index contributed by atoms with van der Waals surface area (Å²) in [4.78, 5) is 11.7. The number of carbonyl (C=O) groups is 1. The molecule has 0 spiro atoms. The summed E-state index contributed by atoms with van der Waals surface area (Å²) in [5, 5.41) is 9.03. The normalized spacial score (nSPS) is 10.1. The molecule has 1 aromatic carbocycles. The summed E-state index contributed by atoms with van der Waals surface area (Å²) >= 11 is 3.27. The van der Waals surface area contributed by atoms with Crippen LogP contribution in [0.2, 0.25) is 0 Å². The van der Waals surface area contributed by atoms with Crippen LogP contribution in [-0.2, 0) is 0 Å². The maximum absolute atomic E-state index is 11.7. The number of halogens is 1. The Hall–Kier alpha value is -1.82. The fourth-order valence-electron chi connectivity index (χ4n) is 1.20. The molecular weight excluding hydrogens is 272 g/mol. The van der Waals surface area contributed by atoms with Gasteiger partial charge in [0.25, 0.3) is 5.91 Å². The van der Waals surface area contributed by atoms with Crippen molar-refractivity contribution in [2.75, 3.05) is 11.1 Å². The quantitative estimate of drug-likeness (QED) is 0.736. The number of anilines is 2. The molecule has 1 amide bonds. The molecule has 1 aromatic heterocycles. The van der Waals surface area contributed by atoms with E-state index >= 15 is 0 Å². The van der Waals surface area contributed by atoms with Crippen molar-refractivity contribution in [1.29, 1.82) is 0 Å². The maximum atomic E-state index is 11.7. The fourth-order valence-corrected chi connectivity index (χ4v) is 1.45. The second-order valence-corrected chi connectivity index (χ2v) is 4.02. The van der Waals surface area contributed by atoms with Crippen LogP contribution < -0.4 is 11.1 Å². The van der Waals surface area contributed by atoms with Gasteiger partial charge in [0.05, 0.1) is 6.20 Å². The minimum absolute atomic E-state index is 0.233. The predicted molar refractivity (Wildman–Crippen MR) is 65.1 cm³/mol. The number of rotatable bonds is 2. The summed E-state index contributed by atoms with van der Waals surface area (Å²) in [5.41, 5.74) is 6.71. The van der Waals surface area contributed by atoms with Crippen LogP contribution in [0.3, 0.4) is 0 Å². The van der Waals surface area contributed by atoms with Gasteiger partial charge >= 0.3 is 0 Å². The van der Waals surface area contributed by atoms with Crippen molar-refractivity contribution in [3.63, 3.8) is 0 Å². The second kappa shape index (κ2) is 4.36. The van der Waals surface area contributed by atoms with Crippen molar-refractivity contribution in [3.8, 4) is 0 Å². The van der Waals surface area contributed by atoms with E-state index in [2.05, 4.69) is 31.4 Å². The predicted octanol–water partition coefficient (Wildman–Crippen LogP) is 2.01. The van der Waals surface area contributed by atoms with E-state index in [0.29, 0.717) is 17.1 Å². The Kier molecular flexibility index (Phi) is 2.91. The molecule has 6 heteroatoms. The van der Waals surface area contributed by atoms with E-state index in [1.54, 1.807) is 30.5 Å². The number of aromatic nitrogens is 2. The Morgan fingerprint density at radius 3 is 2.88 bits per heavy atom. The van der Waals surface area contributed by atoms with Crippen molar-refractivity contribution in [2.45, 2.75) is 0 Å². The smallest absolute Gasteiger partial charge is 0.256 e. The first kappa shape index (κ1) is 10.7. The molecule has 2 aromatic rings. The zero-order valence-corrected chi connectivity index (χ0v) is 9.78. The van der Waals surface area contributed by atoms with E-state index in [-0.39, 0.29) is 5.91 Å². The number of nitrogens with zero attached hydrogens (tertiary/aromatic N) is 1. The summed E-state index contributed by atoms with van der Waals surface area (Å²) < 4.78 is 0.769. The SMILES string of the molecule is Nc1cc(C(=O)Nc2ccn[nH]2)ccc1Br. The highest BCUT2D eigenvalue weighted by Gasteiger charge is 2.08. The van der Waals surface area contributed by atoms with Gasteiger partial charge in [-0.15, -0.1) is 0 Å². The number of hydrogen-bond acceptors (Lipinski definition) is 3. The summed E-state index contributed by atoms with van der Waals surface area (Å²) in [7, 11) is 0. The number of aromatic amines is 1. The molecular formula is C10H9BrN4O. The first-order valence-electron chi connectivity index (χ1n) is 4.52. The summed E-state index contributed by atoms with van der Waals surface area (Å²) in [5.74, 6) is 0.315. The van der Waals surface area contributed by atoms with E-state index < -0.39 is 0 Å². The van der Waals surface area contributed by atoms with Gasteiger partial charge in [-0.25, -0.2) is 0 Å². The molecule has 16 heavy (non-hydrogen) atoms. The van der Waals surface area contributed by atoms with Gasteiger partial charge in [0.15, 0.2) is 0 Å². The standard InChI is InChI=1S/C10H9BrN4O/c11-7-2-1-6(5-8(7)12)10(16)14-9-3-4-13-15-9/h1-5H,12H2,(H2,13,14,15,16). The third-order valence-corrected chi connectivity index (χ3v) is 2.73. The molecule has 0 aliphatic heterocycles. The van der Waals surface area contributed by atoms with Crippen LogP contribution in [0.5, 0.6) is 0 Å². The van der Waals surface area contributed by atoms with Crippen molar-refractivity contribution in [3.05, 3.63) is 40.5 Å². The van der Waals surface area contributed by atoms with Crippen molar-refractivity contribution in [2.24, 2.45) is 0 Å². The molecule has 2 rings (SSSR count). The number of carbonyl (C=O) groups excluding carboxylic acids is 1. The Bertz CT molecular complexity index is 510. The van der Waals surface area contributed by atoms with E-state index in [0.717, 1.165) is 4.47 Å². The molecule has 5 nitrogen and oxygen atoms in total. The number of amides is 1. The van der Waals surface area contributed by atoms with Gasteiger partial charge in [-0.3, -0.25) is 9.89 Å². The largest absolute Gasteiger partial charge is 0.398 e. The Labute approximate surface area is 100 Å². The van der Waals surface area contributed by atoms with Crippen molar-refractivity contribution >= 4 is 33.3 Å². The highest BCUT2D eigenvalue weighted by atomic mass is 79.9. The Morgan fingerprint density at radius 1 is 1.44 bits per heavy atom. The number of nitrogens with two attached hydrogens (primary N) is 1. The van der Waals surface area contributed by atoms with Crippen LogP contribution in [0.25, 0.3) is 0 Å². The number of hydrogen-bond donors (Lipinski definition) is 3. The number of H-pyrrole nitrogens is 1. The van der Waals surface area contributed by atoms with Crippen LogP contribution in [0, 0.1) is 0 Å². The number of nitrogen functional groups attached to an aromatic ring is 1. The number of nitrogens with one attached hydrogen (secondary N) is 2. The van der Waals surface area contributed by atoms with Crippen molar-refractivity contribution < 1.29 is 4.79 Å². The van der Waals surface area contributed by atoms with E-state index in [9.17, 15) is 4.79 Å². The van der Waals surface area contributed by atoms with Crippen LogP contribution >= 0.6 is 15.9 Å². The molecule has 0 saturated heterocycles. The molecule has 4 N–H and O–H groups in total. The Morgan fingerprint density at radius 2 is 2.25 bits per heavy atom. The minimum atomic E-state index is -0.233. The molecule has 0 aliphatic rings. The lowest BCUT2D eigenvalue weighted by molar-refractivity contribution is 0.102. The van der Waals surface area contributed by atoms with Gasteiger partial charge in [-0.1, -0.05) is 0 Å². The minimum Gasteiger partial charge on any atom is -0.398 e. The van der Waals surface area contributed by atoms with Gasteiger partial charge < -0.3 is 11.1 Å². The second-order valence-electron chi connectivity index (χ2n) is 3.16. The van der Waals surface area contributed by atoms with Crippen LogP contribution in [0.15, 0.2) is 34.9 Å². The maximum Gasteiger partial charge on any atom is 0.256 e. The zero-order valence-electron chi connectivity index (χ0n) is 8.20. The summed E-state index contributed by atoms with van der Waals surface area (Å²) in [6.45, 7) is 0. The molecule has 0 aliphatic carbocycles. The van der Waals surface area contributed by atoms with Crippen LogP contribution in [-0.4, -0.2) is 16.1 Å². The van der Waals surface area contributed by atoms with E-state index in [1.807, 2.05) is 0 Å². The molecule has 1 heterocycles. The molecule has 0 bridgehead atoms. The first-order chi connectivity index (χ1) is 7.66. The lowest BCUT2D eigenvalue weighted by atomic mass is 10.2. The zero-order chi connectivity index (χ0) is 11.5. The first-order valence-corrected chi connectivity index (χ1v) is 5.32. The topological polar surface area (TPSA) is 83.8 Å². The molecule has 82 valence electrons. The fraction of sp³-hybridized carbons (Fsp3) is 0. The van der Waals surface area contributed by atoms with Crippen LogP contribution in [0.1, 0.15) is 10.4 Å². The lowest BCUT2D eigenvalue weighted by Crippen LogP contribution is -2.12. The highest BCUT2D eigenvalue weighted by Crippen LogP contribution is 2.20. The van der Waals surface area contributed by atoms with Gasteiger partial charge in [0.2, 0.25) is 0 Å². The lowest BCUT2D eigenvalue weighted by Gasteiger charge is -2.04. The third-order valence-electron chi connectivity index (χ3n) is 2.01. The number of benzene rings is 1. The average Bonchev–Trinajstić information content (AvgIpc) is 2.74. The molecule has 0 unspecified atom stereocenters. The summed E-state index contributed by atoms with van der Waals surface area (Å²) in [6.07, 6.45) is 1.56. The van der Waals surface area contributed by atoms with E-state index in [1.165, 1.54) is 0 Å². The van der Waals surface area contributed by atoms with E-state index in [4.69, 9.17) is 5.73 Å². The molecule has 0 atom stereocenters. The average molecular weight is 281 g/mol. The van der Waals surface area contributed by atoms with Crippen LogP contribution in [0.4, 0.5) is 11.5 Å². The van der Waals surface area contributed by atoms with Gasteiger partial charge in [-0.2, -0.15) is 5.10 Å². The third kappa shape index (κ3) is 2.22. The van der Waals surface area contributed by atoms with Crippen molar-refractivity contribution in [1.82, 2.24) is 10.2 Å².